The summed E-state index contributed by atoms with van der Waals surface area (Å²) < 4.78 is 5.72. The summed E-state index contributed by atoms with van der Waals surface area (Å²) in [6, 6.07) is 0. The summed E-state index contributed by atoms with van der Waals surface area (Å²) in [7, 11) is 0. The molecule has 2 aliphatic rings. The van der Waals surface area contributed by atoms with Crippen molar-refractivity contribution in [1.82, 2.24) is 4.90 Å². The van der Waals surface area contributed by atoms with Crippen LogP contribution in [0.25, 0.3) is 0 Å². The number of hydrogen-bond donors (Lipinski definition) is 3. The molecule has 0 unspecified atom stereocenters. The fourth-order valence-corrected chi connectivity index (χ4v) is 2.34. The average Bonchev–Trinajstić information content (AvgIpc) is 2.49. The lowest BCUT2D eigenvalue weighted by Crippen LogP contribution is -2.45. The van der Waals surface area contributed by atoms with Gasteiger partial charge in [-0.1, -0.05) is 0 Å². The number of nitrogens with zero attached hydrogens (tertiary/aromatic N) is 1. The topological polar surface area (TPSA) is 82.6 Å². The van der Waals surface area contributed by atoms with E-state index in [0.717, 1.165) is 19.4 Å². The molecule has 2 rings (SSSR count). The van der Waals surface area contributed by atoms with Gasteiger partial charge in [0.25, 0.3) is 0 Å². The second kappa shape index (κ2) is 3.40. The van der Waals surface area contributed by atoms with Gasteiger partial charge in [-0.15, -0.1) is 0 Å². The molecule has 0 amide bonds. The van der Waals surface area contributed by atoms with Crippen molar-refractivity contribution in [3.05, 3.63) is 0 Å². The molecule has 0 bridgehead atoms. The normalized spacial score (nSPS) is 37.8. The van der Waals surface area contributed by atoms with Crippen molar-refractivity contribution in [2.45, 2.75) is 31.0 Å². The molecule has 0 aromatic carbocycles. The third-order valence-corrected chi connectivity index (χ3v) is 3.12. The zero-order valence-electron chi connectivity index (χ0n) is 8.20. The summed E-state index contributed by atoms with van der Waals surface area (Å²) in [5, 5.41) is 16.9. The monoisotopic (exact) mass is 199 g/mol. The van der Waals surface area contributed by atoms with Crippen LogP contribution in [0.3, 0.4) is 0 Å². The second-order valence-electron chi connectivity index (χ2n) is 4.23. The third kappa shape index (κ3) is 1.69. The number of nitrogens with one attached hydrogen (secondary N) is 1. The van der Waals surface area contributed by atoms with E-state index in [1.54, 1.807) is 4.90 Å². The van der Waals surface area contributed by atoms with E-state index in [9.17, 15) is 5.11 Å². The molecule has 2 fully saturated rings. The van der Waals surface area contributed by atoms with Crippen LogP contribution in [0.15, 0.2) is 0 Å². The van der Waals surface area contributed by atoms with E-state index < -0.39 is 0 Å². The van der Waals surface area contributed by atoms with Gasteiger partial charge in [-0.2, -0.15) is 0 Å². The Balaban J connectivity index is 2.01. The van der Waals surface area contributed by atoms with E-state index >= 15 is 0 Å². The van der Waals surface area contributed by atoms with E-state index in [2.05, 4.69) is 0 Å². The van der Waals surface area contributed by atoms with Gasteiger partial charge in [-0.3, -0.25) is 5.41 Å². The molecule has 0 aromatic heterocycles. The number of ether oxygens (including phenoxy) is 1. The largest absolute Gasteiger partial charge is 0.393 e. The van der Waals surface area contributed by atoms with Crippen LogP contribution in [0, 0.1) is 5.41 Å². The van der Waals surface area contributed by atoms with Crippen LogP contribution in [0.5, 0.6) is 0 Å². The van der Waals surface area contributed by atoms with Crippen molar-refractivity contribution >= 4 is 5.96 Å². The summed E-state index contributed by atoms with van der Waals surface area (Å²) in [6.07, 6.45) is 2.01. The number of likely N-dealkylation sites (tertiary alicyclic amines) is 1. The van der Waals surface area contributed by atoms with Gasteiger partial charge >= 0.3 is 0 Å². The highest BCUT2D eigenvalue weighted by Gasteiger charge is 2.43. The van der Waals surface area contributed by atoms with Gasteiger partial charge in [0.15, 0.2) is 5.96 Å². The minimum Gasteiger partial charge on any atom is -0.393 e. The van der Waals surface area contributed by atoms with Crippen molar-refractivity contribution in [1.29, 1.82) is 5.41 Å². The molecule has 2 saturated heterocycles. The van der Waals surface area contributed by atoms with E-state index in [1.165, 1.54) is 0 Å². The molecule has 5 heteroatoms. The number of rotatable bonds is 0. The maximum Gasteiger partial charge on any atom is 0.188 e. The predicted octanol–water partition coefficient (Wildman–Crippen LogP) is -0.504. The Morgan fingerprint density at radius 1 is 1.64 bits per heavy atom. The maximum atomic E-state index is 9.58. The Labute approximate surface area is 83.3 Å². The van der Waals surface area contributed by atoms with Crippen LogP contribution in [-0.4, -0.2) is 47.4 Å². The smallest absolute Gasteiger partial charge is 0.188 e. The minimum atomic E-state index is -0.254. The van der Waals surface area contributed by atoms with Crippen LogP contribution < -0.4 is 5.73 Å². The zero-order valence-corrected chi connectivity index (χ0v) is 8.20. The van der Waals surface area contributed by atoms with Gasteiger partial charge in [0.1, 0.15) is 0 Å². The first-order valence-electron chi connectivity index (χ1n) is 5.02. The fraction of sp³-hybridized carbons (Fsp3) is 0.889. The first kappa shape index (κ1) is 9.73. The van der Waals surface area contributed by atoms with Gasteiger partial charge < -0.3 is 20.5 Å². The lowest BCUT2D eigenvalue weighted by Gasteiger charge is -2.36. The van der Waals surface area contributed by atoms with E-state index in [4.69, 9.17) is 15.9 Å². The molecule has 80 valence electrons. The summed E-state index contributed by atoms with van der Waals surface area (Å²) in [5.74, 6) is 0.102. The molecule has 0 aliphatic carbocycles. The molecule has 2 aliphatic heterocycles. The van der Waals surface area contributed by atoms with Crippen LogP contribution >= 0.6 is 0 Å². The minimum absolute atomic E-state index is 0.102. The van der Waals surface area contributed by atoms with Crippen molar-refractivity contribution in [2.75, 3.05) is 19.7 Å². The molecule has 0 radical (unpaired) electrons. The SMILES string of the molecule is N=C(N)N1CC[C@]2(C[C@H](O)CCO2)C1. The number of guanidine groups is 1. The fourth-order valence-electron chi connectivity index (χ4n) is 2.34. The summed E-state index contributed by atoms with van der Waals surface area (Å²) in [4.78, 5) is 1.80. The molecule has 5 nitrogen and oxygen atoms in total. The van der Waals surface area contributed by atoms with Crippen LogP contribution in [0.2, 0.25) is 0 Å². The van der Waals surface area contributed by atoms with E-state index in [-0.39, 0.29) is 17.7 Å². The first-order chi connectivity index (χ1) is 6.61. The molecular weight excluding hydrogens is 182 g/mol. The highest BCUT2D eigenvalue weighted by molar-refractivity contribution is 5.75. The van der Waals surface area contributed by atoms with Gasteiger partial charge in [0.2, 0.25) is 0 Å². The third-order valence-electron chi connectivity index (χ3n) is 3.12. The number of aliphatic hydroxyl groups excluding tert-OH is 1. The zero-order chi connectivity index (χ0) is 10.2. The van der Waals surface area contributed by atoms with Gasteiger partial charge in [0, 0.05) is 26.1 Å². The van der Waals surface area contributed by atoms with Gasteiger partial charge in [-0.25, -0.2) is 0 Å². The Morgan fingerprint density at radius 2 is 2.43 bits per heavy atom. The molecule has 4 N–H and O–H groups in total. The van der Waals surface area contributed by atoms with Crippen molar-refractivity contribution in [3.8, 4) is 0 Å². The summed E-state index contributed by atoms with van der Waals surface area (Å²) in [5.41, 5.74) is 5.17. The molecule has 1 spiro atoms. The first-order valence-corrected chi connectivity index (χ1v) is 5.02. The van der Waals surface area contributed by atoms with E-state index in [0.29, 0.717) is 19.6 Å². The molecule has 0 aromatic rings. The molecule has 2 atom stereocenters. The molecule has 0 saturated carbocycles. The van der Waals surface area contributed by atoms with Gasteiger partial charge in [0.05, 0.1) is 11.7 Å². The average molecular weight is 199 g/mol. The van der Waals surface area contributed by atoms with Crippen molar-refractivity contribution in [2.24, 2.45) is 5.73 Å². The van der Waals surface area contributed by atoms with Gasteiger partial charge in [-0.05, 0) is 12.8 Å². The lowest BCUT2D eigenvalue weighted by atomic mass is 9.91. The molecule has 14 heavy (non-hydrogen) atoms. The maximum absolute atomic E-state index is 9.58. The lowest BCUT2D eigenvalue weighted by molar-refractivity contribution is -0.108. The highest BCUT2D eigenvalue weighted by atomic mass is 16.5. The Hall–Kier alpha value is -0.810. The molecule has 2 heterocycles. The number of aliphatic hydroxyl groups is 1. The van der Waals surface area contributed by atoms with Crippen molar-refractivity contribution in [3.63, 3.8) is 0 Å². The Morgan fingerprint density at radius 3 is 3.00 bits per heavy atom. The standard InChI is InChI=1S/C9H17N3O2/c10-8(11)12-3-2-9(6-12)5-7(13)1-4-14-9/h7,13H,1-6H2,(H3,10,11)/t7-,9+/m1/s1. The number of hydrogen-bond acceptors (Lipinski definition) is 3. The summed E-state index contributed by atoms with van der Waals surface area (Å²) >= 11 is 0. The number of nitrogens with two attached hydrogens (primary N) is 1. The highest BCUT2D eigenvalue weighted by Crippen LogP contribution is 2.33. The van der Waals surface area contributed by atoms with Crippen molar-refractivity contribution < 1.29 is 9.84 Å². The van der Waals surface area contributed by atoms with Crippen LogP contribution in [-0.2, 0) is 4.74 Å². The Bertz CT molecular complexity index is 246. The van der Waals surface area contributed by atoms with E-state index in [1.807, 2.05) is 0 Å². The second-order valence-corrected chi connectivity index (χ2v) is 4.23. The summed E-state index contributed by atoms with van der Waals surface area (Å²) in [6.45, 7) is 2.04. The predicted molar refractivity (Wildman–Crippen MR) is 52.0 cm³/mol. The quantitative estimate of drug-likeness (QED) is 0.362. The Kier molecular flexibility index (Phi) is 2.36. The van der Waals surface area contributed by atoms with Crippen LogP contribution in [0.4, 0.5) is 0 Å². The molecular formula is C9H17N3O2. The van der Waals surface area contributed by atoms with Crippen LogP contribution in [0.1, 0.15) is 19.3 Å².